The first-order valence-electron chi connectivity index (χ1n) is 7.19. The van der Waals surface area contributed by atoms with E-state index in [4.69, 9.17) is 16.3 Å². The van der Waals surface area contributed by atoms with Crippen molar-refractivity contribution in [2.45, 2.75) is 57.6 Å². The molecule has 1 N–H and O–H groups in total. The van der Waals surface area contributed by atoms with Gasteiger partial charge in [-0.15, -0.1) is 0 Å². The Morgan fingerprint density at radius 3 is 2.55 bits per heavy atom. The fourth-order valence-corrected chi connectivity index (χ4v) is 2.64. The predicted octanol–water partition coefficient (Wildman–Crippen LogP) is 4.56. The minimum absolute atomic E-state index is 0.110. The summed E-state index contributed by atoms with van der Waals surface area (Å²) in [5, 5.41) is 3.83. The molecule has 2 rings (SSSR count). The number of benzene rings is 1. The molecule has 1 aliphatic carbocycles. The summed E-state index contributed by atoms with van der Waals surface area (Å²) in [7, 11) is 0. The Morgan fingerprint density at radius 2 is 2.05 bits per heavy atom. The number of nitrogens with one attached hydrogen (secondary N) is 1. The van der Waals surface area contributed by atoms with E-state index in [9.17, 15) is 4.39 Å². The van der Waals surface area contributed by atoms with Gasteiger partial charge in [-0.3, -0.25) is 0 Å². The van der Waals surface area contributed by atoms with E-state index in [2.05, 4.69) is 26.1 Å². The van der Waals surface area contributed by atoms with Gasteiger partial charge in [-0.25, -0.2) is 4.39 Å². The number of hydrogen-bond acceptors (Lipinski definition) is 2. The maximum absolute atomic E-state index is 13.1. The first-order chi connectivity index (χ1) is 9.30. The Hall–Kier alpha value is -0.800. The molecule has 0 atom stereocenters. The highest BCUT2D eigenvalue weighted by atomic mass is 35.5. The van der Waals surface area contributed by atoms with Crippen LogP contribution in [0.3, 0.4) is 0 Å². The van der Waals surface area contributed by atoms with Gasteiger partial charge in [0, 0.05) is 5.54 Å². The van der Waals surface area contributed by atoms with Crippen LogP contribution in [0.4, 0.5) is 4.39 Å². The molecule has 0 saturated heterocycles. The van der Waals surface area contributed by atoms with E-state index in [1.165, 1.54) is 18.6 Å². The average molecular weight is 300 g/mol. The van der Waals surface area contributed by atoms with Crippen molar-refractivity contribution in [1.29, 1.82) is 0 Å². The fourth-order valence-electron chi connectivity index (χ4n) is 2.43. The number of hydrogen-bond donors (Lipinski definition) is 1. The molecule has 0 unspecified atom stereocenters. The lowest BCUT2D eigenvalue weighted by molar-refractivity contribution is -0.0152. The second-order valence-electron chi connectivity index (χ2n) is 6.64. The van der Waals surface area contributed by atoms with E-state index >= 15 is 0 Å². The van der Waals surface area contributed by atoms with Crippen molar-refractivity contribution in [1.82, 2.24) is 5.32 Å². The Morgan fingerprint density at radius 1 is 1.35 bits per heavy atom. The SMILES string of the molecule is CC(C)(C)NCCC1(Oc2ccc(F)cc2Cl)CCC1. The Balaban J connectivity index is 1.97. The van der Waals surface area contributed by atoms with Crippen LogP contribution in [0.2, 0.25) is 5.02 Å². The Bertz CT molecular complexity index is 466. The van der Waals surface area contributed by atoms with Gasteiger partial charge < -0.3 is 10.1 Å². The summed E-state index contributed by atoms with van der Waals surface area (Å²) in [6.07, 6.45) is 4.19. The second-order valence-corrected chi connectivity index (χ2v) is 7.05. The highest BCUT2D eigenvalue weighted by Gasteiger charge is 2.39. The Kier molecular flexibility index (Phi) is 4.60. The third kappa shape index (κ3) is 4.10. The maximum Gasteiger partial charge on any atom is 0.138 e. The van der Waals surface area contributed by atoms with Gasteiger partial charge in [0.15, 0.2) is 0 Å². The van der Waals surface area contributed by atoms with Gasteiger partial charge in [0.05, 0.1) is 5.02 Å². The zero-order chi connectivity index (χ0) is 14.8. The summed E-state index contributed by atoms with van der Waals surface area (Å²) in [4.78, 5) is 0. The molecule has 1 fully saturated rings. The number of ether oxygens (including phenoxy) is 1. The maximum atomic E-state index is 13.1. The molecule has 2 nitrogen and oxygen atoms in total. The molecule has 0 spiro atoms. The number of rotatable bonds is 5. The van der Waals surface area contributed by atoms with Crippen molar-refractivity contribution in [3.63, 3.8) is 0 Å². The quantitative estimate of drug-likeness (QED) is 0.860. The molecular formula is C16H23ClFNO. The van der Waals surface area contributed by atoms with Gasteiger partial charge >= 0.3 is 0 Å². The Labute approximate surface area is 125 Å². The molecule has 20 heavy (non-hydrogen) atoms. The summed E-state index contributed by atoms with van der Waals surface area (Å²) in [5.74, 6) is 0.253. The third-order valence-corrected chi connectivity index (χ3v) is 4.02. The normalized spacial score (nSPS) is 17.6. The molecule has 0 heterocycles. The topological polar surface area (TPSA) is 21.3 Å². The average Bonchev–Trinajstić information content (AvgIpc) is 2.27. The molecule has 112 valence electrons. The fraction of sp³-hybridized carbons (Fsp3) is 0.625. The van der Waals surface area contributed by atoms with Gasteiger partial charge in [-0.2, -0.15) is 0 Å². The molecule has 1 saturated carbocycles. The molecule has 0 radical (unpaired) electrons. The largest absolute Gasteiger partial charge is 0.486 e. The monoisotopic (exact) mass is 299 g/mol. The molecule has 1 aliphatic rings. The molecule has 0 amide bonds. The van der Waals surface area contributed by atoms with Crippen LogP contribution in [-0.4, -0.2) is 17.7 Å². The zero-order valence-electron chi connectivity index (χ0n) is 12.4. The molecule has 0 aliphatic heterocycles. The van der Waals surface area contributed by atoms with Crippen LogP contribution in [0.1, 0.15) is 46.5 Å². The van der Waals surface area contributed by atoms with Crippen molar-refractivity contribution in [3.05, 3.63) is 29.0 Å². The minimum Gasteiger partial charge on any atom is -0.486 e. The lowest BCUT2D eigenvalue weighted by atomic mass is 9.77. The van der Waals surface area contributed by atoms with Crippen molar-refractivity contribution in [3.8, 4) is 5.75 Å². The lowest BCUT2D eigenvalue weighted by Crippen LogP contribution is -2.47. The van der Waals surface area contributed by atoms with E-state index in [1.807, 2.05) is 0 Å². The van der Waals surface area contributed by atoms with Crippen LogP contribution in [0.15, 0.2) is 18.2 Å². The van der Waals surface area contributed by atoms with Crippen molar-refractivity contribution in [2.24, 2.45) is 0 Å². The molecule has 4 heteroatoms. The molecule has 1 aromatic carbocycles. The van der Waals surface area contributed by atoms with Crippen molar-refractivity contribution >= 4 is 11.6 Å². The summed E-state index contributed by atoms with van der Waals surface area (Å²) in [6, 6.07) is 4.31. The predicted molar refractivity (Wildman–Crippen MR) is 81.0 cm³/mol. The van der Waals surface area contributed by atoms with Crippen LogP contribution >= 0.6 is 11.6 Å². The number of halogens is 2. The zero-order valence-corrected chi connectivity index (χ0v) is 13.2. The summed E-state index contributed by atoms with van der Waals surface area (Å²) < 4.78 is 19.2. The first-order valence-corrected chi connectivity index (χ1v) is 7.57. The molecule has 0 bridgehead atoms. The van der Waals surface area contributed by atoms with E-state index in [0.29, 0.717) is 10.8 Å². The van der Waals surface area contributed by atoms with Crippen molar-refractivity contribution < 1.29 is 9.13 Å². The first kappa shape index (κ1) is 15.6. The van der Waals surface area contributed by atoms with E-state index < -0.39 is 0 Å². The highest BCUT2D eigenvalue weighted by molar-refractivity contribution is 6.32. The summed E-state index contributed by atoms with van der Waals surface area (Å²) in [5.41, 5.74) is -0.0296. The second kappa shape index (κ2) is 5.90. The smallest absolute Gasteiger partial charge is 0.138 e. The van der Waals surface area contributed by atoms with E-state index in [0.717, 1.165) is 25.8 Å². The standard InChI is InChI=1S/C16H23ClFNO/c1-15(2,3)19-10-9-16(7-4-8-16)20-14-6-5-12(18)11-13(14)17/h5-6,11,19H,4,7-10H2,1-3H3. The van der Waals surface area contributed by atoms with Crippen molar-refractivity contribution in [2.75, 3.05) is 6.54 Å². The third-order valence-electron chi connectivity index (χ3n) is 3.72. The van der Waals surface area contributed by atoms with Gasteiger partial charge in [0.1, 0.15) is 17.2 Å². The van der Waals surface area contributed by atoms with Gasteiger partial charge in [0.2, 0.25) is 0 Å². The van der Waals surface area contributed by atoms with Crippen LogP contribution in [0.5, 0.6) is 5.75 Å². The van der Waals surface area contributed by atoms with Gasteiger partial charge in [-0.1, -0.05) is 11.6 Å². The summed E-state index contributed by atoms with van der Waals surface area (Å²) in [6.45, 7) is 7.36. The van der Waals surface area contributed by atoms with Crippen LogP contribution in [-0.2, 0) is 0 Å². The van der Waals surface area contributed by atoms with Gasteiger partial charge in [-0.05, 0) is 71.2 Å². The van der Waals surface area contributed by atoms with Crippen LogP contribution in [0, 0.1) is 5.82 Å². The molecule has 0 aromatic heterocycles. The van der Waals surface area contributed by atoms with E-state index in [-0.39, 0.29) is 17.0 Å². The summed E-state index contributed by atoms with van der Waals surface area (Å²) >= 11 is 6.04. The molecular weight excluding hydrogens is 277 g/mol. The minimum atomic E-state index is -0.334. The van der Waals surface area contributed by atoms with Crippen LogP contribution in [0.25, 0.3) is 0 Å². The van der Waals surface area contributed by atoms with Gasteiger partial charge in [0.25, 0.3) is 0 Å². The van der Waals surface area contributed by atoms with E-state index in [1.54, 1.807) is 6.07 Å². The molecule has 1 aromatic rings. The highest BCUT2D eigenvalue weighted by Crippen LogP contribution is 2.41. The lowest BCUT2D eigenvalue weighted by Gasteiger charge is -2.42. The van der Waals surface area contributed by atoms with Crippen LogP contribution < -0.4 is 10.1 Å².